The zero-order chi connectivity index (χ0) is 15.2. The summed E-state index contributed by atoms with van der Waals surface area (Å²) in [6, 6.07) is 8.46. The van der Waals surface area contributed by atoms with E-state index in [2.05, 4.69) is 0 Å². The molecule has 2 aliphatic rings. The third-order valence-electron chi connectivity index (χ3n) is 3.84. The van der Waals surface area contributed by atoms with Crippen LogP contribution in [-0.4, -0.2) is 45.8 Å². The van der Waals surface area contributed by atoms with Gasteiger partial charge >= 0.3 is 5.97 Å². The van der Waals surface area contributed by atoms with Gasteiger partial charge in [-0.3, -0.25) is 29.0 Å². The number of carbonyl (C=O) groups is 4. The number of hydrogen-bond donors (Lipinski definition) is 1. The first-order valence-corrected chi connectivity index (χ1v) is 6.45. The molecule has 1 aromatic rings. The van der Waals surface area contributed by atoms with Gasteiger partial charge in [0.1, 0.15) is 6.54 Å². The van der Waals surface area contributed by atoms with Crippen LogP contribution in [0.25, 0.3) is 0 Å². The van der Waals surface area contributed by atoms with Gasteiger partial charge in [0.25, 0.3) is 11.8 Å². The number of imide groups is 1. The number of rotatable bonds is 3. The van der Waals surface area contributed by atoms with Crippen LogP contribution in [0.15, 0.2) is 30.3 Å². The summed E-state index contributed by atoms with van der Waals surface area (Å²) >= 11 is 0. The fourth-order valence-electron chi connectivity index (χ4n) is 2.93. The van der Waals surface area contributed by atoms with Crippen molar-refractivity contribution in [1.29, 1.82) is 0 Å². The number of benzene rings is 1. The van der Waals surface area contributed by atoms with E-state index in [4.69, 9.17) is 5.11 Å². The fourth-order valence-corrected chi connectivity index (χ4v) is 2.93. The van der Waals surface area contributed by atoms with Gasteiger partial charge in [-0.2, -0.15) is 0 Å². The highest BCUT2D eigenvalue weighted by Gasteiger charge is 2.68. The molecule has 1 N–H and O–H groups in total. The molecule has 1 spiro atoms. The molecular weight excluding hydrogens is 276 g/mol. The summed E-state index contributed by atoms with van der Waals surface area (Å²) in [7, 11) is 0. The lowest BCUT2D eigenvalue weighted by Gasteiger charge is -2.47. The van der Waals surface area contributed by atoms with Crippen molar-refractivity contribution in [3.05, 3.63) is 30.3 Å². The standard InChI is InChI=1S/C14H12N2O5/c17-10-6-7-14(16(10)9-4-2-1-3-5-9)12(20)15(13(14)21)8-11(18)19/h1-5H,6-8H2,(H,18,19). The van der Waals surface area contributed by atoms with E-state index in [1.807, 2.05) is 0 Å². The quantitative estimate of drug-likeness (QED) is 0.624. The smallest absolute Gasteiger partial charge is 0.323 e. The van der Waals surface area contributed by atoms with Gasteiger partial charge in [-0.15, -0.1) is 0 Å². The second-order valence-electron chi connectivity index (χ2n) is 5.02. The Balaban J connectivity index is 1.98. The number of hydrogen-bond acceptors (Lipinski definition) is 4. The Morgan fingerprint density at radius 3 is 2.33 bits per heavy atom. The number of carbonyl (C=O) groups excluding carboxylic acids is 3. The maximum atomic E-state index is 12.3. The molecule has 0 radical (unpaired) electrons. The van der Waals surface area contributed by atoms with Crippen molar-refractivity contribution in [3.8, 4) is 0 Å². The van der Waals surface area contributed by atoms with Crippen molar-refractivity contribution < 1.29 is 24.3 Å². The summed E-state index contributed by atoms with van der Waals surface area (Å²) < 4.78 is 0. The average molecular weight is 288 g/mol. The van der Waals surface area contributed by atoms with Crippen molar-refractivity contribution in [2.75, 3.05) is 11.4 Å². The van der Waals surface area contributed by atoms with E-state index in [0.29, 0.717) is 10.6 Å². The van der Waals surface area contributed by atoms with Crippen LogP contribution in [-0.2, 0) is 19.2 Å². The number of carboxylic acids is 1. The third kappa shape index (κ3) is 1.67. The molecule has 0 atom stereocenters. The molecule has 7 heteroatoms. The molecule has 0 aliphatic carbocycles. The number of anilines is 1. The van der Waals surface area contributed by atoms with Gasteiger partial charge < -0.3 is 5.11 Å². The lowest BCUT2D eigenvalue weighted by molar-refractivity contribution is -0.171. The molecule has 0 unspecified atom stereocenters. The van der Waals surface area contributed by atoms with E-state index < -0.39 is 29.9 Å². The van der Waals surface area contributed by atoms with E-state index in [1.54, 1.807) is 30.3 Å². The number of carboxylic acid groups (broad SMARTS) is 1. The van der Waals surface area contributed by atoms with Crippen LogP contribution in [0.4, 0.5) is 5.69 Å². The van der Waals surface area contributed by atoms with E-state index in [0.717, 1.165) is 0 Å². The number of nitrogens with zero attached hydrogens (tertiary/aromatic N) is 2. The molecule has 2 fully saturated rings. The van der Waals surface area contributed by atoms with E-state index in [-0.39, 0.29) is 18.7 Å². The van der Waals surface area contributed by atoms with Gasteiger partial charge in [-0.05, 0) is 18.6 Å². The van der Waals surface area contributed by atoms with Crippen molar-refractivity contribution >= 4 is 29.4 Å². The van der Waals surface area contributed by atoms with Crippen LogP contribution in [0.5, 0.6) is 0 Å². The molecule has 1 aromatic carbocycles. The third-order valence-corrected chi connectivity index (χ3v) is 3.84. The Hall–Kier alpha value is -2.70. The molecule has 3 rings (SSSR count). The first-order valence-electron chi connectivity index (χ1n) is 6.45. The van der Waals surface area contributed by atoms with Gasteiger partial charge in [0.2, 0.25) is 11.4 Å². The molecule has 2 aliphatic heterocycles. The molecular formula is C14H12N2O5. The fraction of sp³-hybridized carbons (Fsp3) is 0.286. The highest BCUT2D eigenvalue weighted by atomic mass is 16.4. The zero-order valence-corrected chi connectivity index (χ0v) is 11.0. The number of likely N-dealkylation sites (tertiary alicyclic amines) is 1. The summed E-state index contributed by atoms with van der Waals surface area (Å²) in [4.78, 5) is 49.3. The van der Waals surface area contributed by atoms with Gasteiger partial charge in [-0.1, -0.05) is 18.2 Å². The Kier molecular flexibility index (Phi) is 2.79. The lowest BCUT2D eigenvalue weighted by Crippen LogP contribution is -2.77. The number of β-lactam (4-membered cyclic amide) rings is 2. The number of aliphatic carboxylic acids is 1. The second-order valence-corrected chi connectivity index (χ2v) is 5.02. The molecule has 0 saturated carbocycles. The van der Waals surface area contributed by atoms with Crippen molar-refractivity contribution in [3.63, 3.8) is 0 Å². The summed E-state index contributed by atoms with van der Waals surface area (Å²) in [6.45, 7) is -0.670. The van der Waals surface area contributed by atoms with Crippen molar-refractivity contribution in [1.82, 2.24) is 4.90 Å². The van der Waals surface area contributed by atoms with Crippen molar-refractivity contribution in [2.24, 2.45) is 0 Å². The van der Waals surface area contributed by atoms with Crippen molar-refractivity contribution in [2.45, 2.75) is 18.4 Å². The normalized spacial score (nSPS) is 20.1. The lowest BCUT2D eigenvalue weighted by atomic mass is 9.84. The Labute approximate surface area is 119 Å². The molecule has 7 nitrogen and oxygen atoms in total. The summed E-state index contributed by atoms with van der Waals surface area (Å²) in [5.41, 5.74) is -1.08. The van der Waals surface area contributed by atoms with Crippen LogP contribution in [0.1, 0.15) is 12.8 Å². The monoisotopic (exact) mass is 288 g/mol. The Bertz CT molecular complexity index is 639. The minimum absolute atomic E-state index is 0.0906. The molecule has 0 bridgehead atoms. The maximum absolute atomic E-state index is 12.3. The zero-order valence-electron chi connectivity index (χ0n) is 11.0. The maximum Gasteiger partial charge on any atom is 0.323 e. The van der Waals surface area contributed by atoms with Gasteiger partial charge in [0, 0.05) is 12.1 Å². The summed E-state index contributed by atoms with van der Waals surface area (Å²) in [5.74, 6) is -2.81. The van der Waals surface area contributed by atoms with E-state index in [1.165, 1.54) is 4.90 Å². The Morgan fingerprint density at radius 2 is 1.76 bits per heavy atom. The van der Waals surface area contributed by atoms with Crippen LogP contribution in [0.2, 0.25) is 0 Å². The predicted molar refractivity (Wildman–Crippen MR) is 70.2 cm³/mol. The highest BCUT2D eigenvalue weighted by Crippen LogP contribution is 2.43. The van der Waals surface area contributed by atoms with Crippen LogP contribution in [0.3, 0.4) is 0 Å². The molecule has 2 saturated heterocycles. The highest BCUT2D eigenvalue weighted by molar-refractivity contribution is 6.33. The second kappa shape index (κ2) is 4.41. The SMILES string of the molecule is O=C(O)CN1C(=O)C2(CCC(=O)N2c2ccccc2)C1=O. The van der Waals surface area contributed by atoms with Crippen LogP contribution < -0.4 is 4.90 Å². The summed E-state index contributed by atoms with van der Waals surface area (Å²) in [5, 5.41) is 8.72. The number of amides is 3. The first-order chi connectivity index (χ1) is 9.98. The largest absolute Gasteiger partial charge is 0.480 e. The molecule has 108 valence electrons. The van der Waals surface area contributed by atoms with Gasteiger partial charge in [-0.25, -0.2) is 0 Å². The Morgan fingerprint density at radius 1 is 1.14 bits per heavy atom. The van der Waals surface area contributed by atoms with E-state index in [9.17, 15) is 19.2 Å². The minimum atomic E-state index is -1.55. The van der Waals surface area contributed by atoms with Gasteiger partial charge in [0.15, 0.2) is 0 Å². The molecule has 3 amide bonds. The first kappa shape index (κ1) is 13.3. The minimum Gasteiger partial charge on any atom is -0.480 e. The molecule has 2 heterocycles. The number of para-hydroxylation sites is 1. The molecule has 21 heavy (non-hydrogen) atoms. The van der Waals surface area contributed by atoms with E-state index >= 15 is 0 Å². The molecule has 0 aromatic heterocycles. The van der Waals surface area contributed by atoms with Crippen LogP contribution >= 0.6 is 0 Å². The van der Waals surface area contributed by atoms with Crippen LogP contribution in [0, 0.1) is 0 Å². The average Bonchev–Trinajstić information content (AvgIpc) is 2.84. The van der Waals surface area contributed by atoms with Gasteiger partial charge in [0.05, 0.1) is 0 Å². The predicted octanol–water partition coefficient (Wildman–Crippen LogP) is 0.00560. The topological polar surface area (TPSA) is 95.0 Å². The summed E-state index contributed by atoms with van der Waals surface area (Å²) in [6.07, 6.45) is 0.182.